The lowest BCUT2D eigenvalue weighted by Gasteiger charge is -2.24. The van der Waals surface area contributed by atoms with Crippen molar-refractivity contribution in [1.29, 1.82) is 0 Å². The first-order chi connectivity index (χ1) is 4.52. The highest BCUT2D eigenvalue weighted by atomic mass is 32.2. The van der Waals surface area contributed by atoms with E-state index in [0.717, 1.165) is 6.42 Å². The predicted octanol–water partition coefficient (Wildman–Crippen LogP) is 0.838. The lowest BCUT2D eigenvalue weighted by molar-refractivity contribution is 0.254. The van der Waals surface area contributed by atoms with Crippen molar-refractivity contribution in [2.24, 2.45) is 5.73 Å². The van der Waals surface area contributed by atoms with Crippen molar-refractivity contribution in [1.82, 2.24) is 0 Å². The van der Waals surface area contributed by atoms with Crippen LogP contribution in [0.4, 0.5) is 0 Å². The summed E-state index contributed by atoms with van der Waals surface area (Å²) in [6.45, 7) is 4.35. The Kier molecular flexibility index (Phi) is 4.32. The van der Waals surface area contributed by atoms with Crippen molar-refractivity contribution in [3.63, 3.8) is 0 Å². The third-order valence-corrected chi connectivity index (χ3v) is 2.81. The topological polar surface area (TPSA) is 46.2 Å². The molecule has 3 N–H and O–H groups in total. The van der Waals surface area contributed by atoms with Crippen LogP contribution in [-0.4, -0.2) is 28.8 Å². The summed E-state index contributed by atoms with van der Waals surface area (Å²) in [5, 5.41) is 8.66. The summed E-state index contributed by atoms with van der Waals surface area (Å²) >= 11 is 1.78. The van der Waals surface area contributed by atoms with Crippen LogP contribution in [0.3, 0.4) is 0 Å². The van der Waals surface area contributed by atoms with E-state index in [0.29, 0.717) is 0 Å². The number of hydrogen-bond donors (Lipinski definition) is 2. The Bertz CT molecular complexity index is 95.6. The average Bonchev–Trinajstić information content (AvgIpc) is 1.87. The van der Waals surface area contributed by atoms with Gasteiger partial charge in [0.1, 0.15) is 0 Å². The highest BCUT2D eigenvalue weighted by Gasteiger charge is 2.18. The molecule has 0 saturated heterocycles. The molecule has 0 amide bonds. The highest BCUT2D eigenvalue weighted by molar-refractivity contribution is 7.99. The molecule has 10 heavy (non-hydrogen) atoms. The molecule has 1 unspecified atom stereocenters. The van der Waals surface area contributed by atoms with Crippen LogP contribution in [0.5, 0.6) is 0 Å². The number of thioether (sulfide) groups is 1. The maximum atomic E-state index is 8.66. The van der Waals surface area contributed by atoms with Crippen molar-refractivity contribution in [3.8, 4) is 0 Å². The fourth-order valence-electron chi connectivity index (χ4n) is 0.779. The van der Waals surface area contributed by atoms with Gasteiger partial charge in [0.15, 0.2) is 0 Å². The Morgan fingerprint density at radius 2 is 2.10 bits per heavy atom. The van der Waals surface area contributed by atoms with Crippen LogP contribution in [-0.2, 0) is 0 Å². The van der Waals surface area contributed by atoms with E-state index < -0.39 is 0 Å². The third-order valence-electron chi connectivity index (χ3n) is 1.54. The van der Waals surface area contributed by atoms with Gasteiger partial charge in [-0.05, 0) is 12.7 Å². The normalized spacial score (nSPS) is 15.3. The molecule has 62 valence electrons. The molecule has 0 aromatic heterocycles. The van der Waals surface area contributed by atoms with Crippen molar-refractivity contribution >= 4 is 11.8 Å². The van der Waals surface area contributed by atoms with Crippen molar-refractivity contribution in [2.45, 2.75) is 31.1 Å². The highest BCUT2D eigenvalue weighted by Crippen LogP contribution is 2.25. The summed E-state index contributed by atoms with van der Waals surface area (Å²) in [5.41, 5.74) is 5.57. The zero-order valence-electron chi connectivity index (χ0n) is 6.92. The fourth-order valence-corrected chi connectivity index (χ4v) is 1.16. The van der Waals surface area contributed by atoms with Crippen LogP contribution >= 0.6 is 11.8 Å². The maximum absolute atomic E-state index is 8.66. The van der Waals surface area contributed by atoms with Gasteiger partial charge >= 0.3 is 0 Å². The van der Waals surface area contributed by atoms with E-state index in [-0.39, 0.29) is 17.4 Å². The summed E-state index contributed by atoms with van der Waals surface area (Å²) in [6, 6.07) is -0.0672. The SMILES string of the molecule is CSC(C)(C)CC(N)CO. The molecule has 0 aromatic rings. The third kappa shape index (κ3) is 4.14. The van der Waals surface area contributed by atoms with E-state index in [1.165, 1.54) is 0 Å². The van der Waals surface area contributed by atoms with Crippen molar-refractivity contribution < 1.29 is 5.11 Å². The lowest BCUT2D eigenvalue weighted by Crippen LogP contribution is -2.32. The Labute approximate surface area is 67.2 Å². The molecule has 0 rings (SSSR count). The van der Waals surface area contributed by atoms with Gasteiger partial charge in [0.05, 0.1) is 6.61 Å². The molecule has 0 aliphatic carbocycles. The van der Waals surface area contributed by atoms with Gasteiger partial charge in [-0.3, -0.25) is 0 Å². The van der Waals surface area contributed by atoms with E-state index in [2.05, 4.69) is 20.1 Å². The molecule has 0 saturated carbocycles. The second-order valence-corrected chi connectivity index (χ2v) is 4.62. The first-order valence-corrected chi connectivity index (χ1v) is 4.66. The van der Waals surface area contributed by atoms with Crippen molar-refractivity contribution in [2.75, 3.05) is 12.9 Å². The number of aliphatic hydroxyl groups excluding tert-OH is 1. The number of hydrogen-bond acceptors (Lipinski definition) is 3. The molecule has 3 heteroatoms. The summed E-state index contributed by atoms with van der Waals surface area (Å²) in [7, 11) is 0. The smallest absolute Gasteiger partial charge is 0.0583 e. The predicted molar refractivity (Wildman–Crippen MR) is 47.3 cm³/mol. The van der Waals surface area contributed by atoms with E-state index >= 15 is 0 Å². The molecule has 0 aliphatic rings. The van der Waals surface area contributed by atoms with Crippen LogP contribution in [0.1, 0.15) is 20.3 Å². The van der Waals surface area contributed by atoms with Gasteiger partial charge in [-0.15, -0.1) is 0 Å². The summed E-state index contributed by atoms with van der Waals surface area (Å²) in [6.07, 6.45) is 2.93. The summed E-state index contributed by atoms with van der Waals surface area (Å²) < 4.78 is 0.197. The van der Waals surface area contributed by atoms with Gasteiger partial charge < -0.3 is 10.8 Å². The number of aliphatic hydroxyl groups is 1. The Morgan fingerprint density at radius 3 is 2.40 bits per heavy atom. The largest absolute Gasteiger partial charge is 0.395 e. The molecule has 0 aliphatic heterocycles. The minimum Gasteiger partial charge on any atom is -0.395 e. The van der Waals surface area contributed by atoms with Crippen LogP contribution in [0.15, 0.2) is 0 Å². The average molecular weight is 163 g/mol. The Morgan fingerprint density at radius 1 is 1.60 bits per heavy atom. The molecular weight excluding hydrogens is 146 g/mol. The van der Waals surface area contributed by atoms with Gasteiger partial charge in [0.2, 0.25) is 0 Å². The molecule has 0 aromatic carbocycles. The van der Waals surface area contributed by atoms with E-state index in [1.54, 1.807) is 11.8 Å². The first kappa shape index (κ1) is 10.3. The van der Waals surface area contributed by atoms with Gasteiger partial charge in [-0.2, -0.15) is 11.8 Å². The van der Waals surface area contributed by atoms with E-state index in [4.69, 9.17) is 10.8 Å². The fraction of sp³-hybridized carbons (Fsp3) is 1.00. The molecular formula is C7H17NOS. The second kappa shape index (κ2) is 4.21. The molecule has 0 spiro atoms. The van der Waals surface area contributed by atoms with Crippen molar-refractivity contribution in [3.05, 3.63) is 0 Å². The van der Waals surface area contributed by atoms with Crippen LogP contribution in [0, 0.1) is 0 Å². The van der Waals surface area contributed by atoms with E-state index in [1.807, 2.05) is 0 Å². The zero-order valence-corrected chi connectivity index (χ0v) is 7.74. The molecule has 0 heterocycles. The summed E-state index contributed by atoms with van der Waals surface area (Å²) in [4.78, 5) is 0. The second-order valence-electron chi connectivity index (χ2n) is 3.11. The summed E-state index contributed by atoms with van der Waals surface area (Å²) in [5.74, 6) is 0. The standard InChI is InChI=1S/C7H17NOS/c1-7(2,10-3)4-6(8)5-9/h6,9H,4-5,8H2,1-3H3. The quantitative estimate of drug-likeness (QED) is 0.645. The molecule has 0 fully saturated rings. The van der Waals surface area contributed by atoms with E-state index in [9.17, 15) is 0 Å². The molecule has 1 atom stereocenters. The first-order valence-electron chi connectivity index (χ1n) is 3.43. The van der Waals surface area contributed by atoms with Crippen LogP contribution in [0.2, 0.25) is 0 Å². The minimum atomic E-state index is -0.0672. The van der Waals surface area contributed by atoms with Gasteiger partial charge in [0, 0.05) is 10.8 Å². The maximum Gasteiger partial charge on any atom is 0.0583 e. The lowest BCUT2D eigenvalue weighted by atomic mass is 10.0. The van der Waals surface area contributed by atoms with Gasteiger partial charge in [0.25, 0.3) is 0 Å². The molecule has 0 bridgehead atoms. The minimum absolute atomic E-state index is 0.0672. The van der Waals surface area contributed by atoms with Crippen LogP contribution < -0.4 is 5.73 Å². The van der Waals surface area contributed by atoms with Gasteiger partial charge in [-0.1, -0.05) is 13.8 Å². The zero-order chi connectivity index (χ0) is 8.20. The Balaban J connectivity index is 3.64. The Hall–Kier alpha value is 0.270. The number of rotatable bonds is 4. The monoisotopic (exact) mass is 163 g/mol. The number of nitrogens with two attached hydrogens (primary N) is 1. The molecule has 2 nitrogen and oxygen atoms in total. The van der Waals surface area contributed by atoms with Gasteiger partial charge in [-0.25, -0.2) is 0 Å². The molecule has 0 radical (unpaired) electrons. The van der Waals surface area contributed by atoms with Crippen LogP contribution in [0.25, 0.3) is 0 Å².